The van der Waals surface area contributed by atoms with Gasteiger partial charge in [0.05, 0.1) is 0 Å². The summed E-state index contributed by atoms with van der Waals surface area (Å²) in [5, 5.41) is 2.79. The van der Waals surface area contributed by atoms with Gasteiger partial charge >= 0.3 is 0 Å². The molecule has 1 amide bonds. The summed E-state index contributed by atoms with van der Waals surface area (Å²) in [6.07, 6.45) is 0.786. The van der Waals surface area contributed by atoms with Crippen LogP contribution in [0.25, 0.3) is 0 Å². The molecule has 0 spiro atoms. The maximum Gasteiger partial charge on any atom is 0.222 e. The molecule has 0 bridgehead atoms. The molecule has 70 valence electrons. The number of rotatable bonds is 3. The second-order valence-corrected chi connectivity index (χ2v) is 5.10. The van der Waals surface area contributed by atoms with E-state index in [1.807, 2.05) is 13.8 Å². The van der Waals surface area contributed by atoms with Gasteiger partial charge in [-0.05, 0) is 6.42 Å². The first kappa shape index (κ1) is 10.1. The Kier molecular flexibility index (Phi) is 2.89. The Hall–Kier alpha value is 0.0500. The van der Waals surface area contributed by atoms with Crippen LogP contribution in [-0.2, 0) is 4.79 Å². The molecule has 2 nitrogen and oxygen atoms in total. The van der Waals surface area contributed by atoms with Gasteiger partial charge in [0.1, 0.15) is 4.33 Å². The van der Waals surface area contributed by atoms with Gasteiger partial charge in [0.25, 0.3) is 0 Å². The van der Waals surface area contributed by atoms with E-state index in [9.17, 15) is 4.79 Å². The van der Waals surface area contributed by atoms with Crippen molar-refractivity contribution in [1.82, 2.24) is 5.32 Å². The van der Waals surface area contributed by atoms with Crippen LogP contribution in [0.5, 0.6) is 0 Å². The zero-order chi connectivity index (χ0) is 9.35. The topological polar surface area (TPSA) is 29.1 Å². The lowest BCUT2D eigenvalue weighted by atomic mass is 10.2. The van der Waals surface area contributed by atoms with Crippen LogP contribution in [0.4, 0.5) is 0 Å². The lowest BCUT2D eigenvalue weighted by Crippen LogP contribution is -2.30. The number of hydrogen-bond donors (Lipinski definition) is 1. The standard InChI is InChI=1S/C8H13Cl2NO/c1-5(2)7(12)11-4-6-3-8(6,9)10/h5-6H,3-4H2,1-2H3,(H,11,12). The minimum atomic E-state index is -0.579. The molecule has 4 heteroatoms. The highest BCUT2D eigenvalue weighted by Crippen LogP contribution is 2.52. The van der Waals surface area contributed by atoms with Gasteiger partial charge in [0.2, 0.25) is 5.91 Å². The molecule has 0 heterocycles. The van der Waals surface area contributed by atoms with E-state index in [4.69, 9.17) is 23.2 Å². The van der Waals surface area contributed by atoms with Crippen LogP contribution in [-0.4, -0.2) is 16.8 Å². The van der Waals surface area contributed by atoms with Crippen molar-refractivity contribution in [3.63, 3.8) is 0 Å². The Morgan fingerprint density at radius 1 is 1.67 bits per heavy atom. The summed E-state index contributed by atoms with van der Waals surface area (Å²) in [5.41, 5.74) is 0. The average molecular weight is 210 g/mol. The van der Waals surface area contributed by atoms with E-state index in [1.165, 1.54) is 0 Å². The highest BCUT2D eigenvalue weighted by Gasteiger charge is 2.51. The zero-order valence-corrected chi connectivity index (χ0v) is 8.74. The van der Waals surface area contributed by atoms with Gasteiger partial charge in [0, 0.05) is 18.4 Å². The number of carbonyl (C=O) groups is 1. The third kappa shape index (κ3) is 2.53. The van der Waals surface area contributed by atoms with Crippen molar-refractivity contribution in [2.24, 2.45) is 11.8 Å². The van der Waals surface area contributed by atoms with Crippen molar-refractivity contribution >= 4 is 29.1 Å². The lowest BCUT2D eigenvalue weighted by Gasteiger charge is -2.06. The predicted molar refractivity (Wildman–Crippen MR) is 50.4 cm³/mol. The highest BCUT2D eigenvalue weighted by molar-refractivity contribution is 6.50. The first-order chi connectivity index (χ1) is 5.43. The van der Waals surface area contributed by atoms with E-state index in [2.05, 4.69) is 5.32 Å². The summed E-state index contributed by atoms with van der Waals surface area (Å²) in [5.74, 6) is 0.332. The maximum absolute atomic E-state index is 11.1. The van der Waals surface area contributed by atoms with Gasteiger partial charge in [-0.1, -0.05) is 13.8 Å². The van der Waals surface area contributed by atoms with E-state index in [1.54, 1.807) is 0 Å². The third-order valence-corrected chi connectivity index (χ3v) is 2.93. The first-order valence-corrected chi connectivity index (χ1v) is 4.84. The smallest absolute Gasteiger partial charge is 0.222 e. The molecule has 1 aliphatic rings. The van der Waals surface area contributed by atoms with Gasteiger partial charge in [-0.15, -0.1) is 23.2 Å². The molecule has 1 aliphatic carbocycles. The van der Waals surface area contributed by atoms with E-state index >= 15 is 0 Å². The summed E-state index contributed by atoms with van der Waals surface area (Å²) < 4.78 is -0.579. The first-order valence-electron chi connectivity index (χ1n) is 4.09. The molecule has 0 aromatic rings. The highest BCUT2D eigenvalue weighted by atomic mass is 35.5. The largest absolute Gasteiger partial charge is 0.355 e. The van der Waals surface area contributed by atoms with Gasteiger partial charge in [-0.2, -0.15) is 0 Å². The fourth-order valence-electron chi connectivity index (χ4n) is 0.919. The Labute approximate surface area is 82.6 Å². The Morgan fingerprint density at radius 2 is 2.17 bits per heavy atom. The molecule has 0 saturated heterocycles. The average Bonchev–Trinajstić information content (AvgIpc) is 2.54. The van der Waals surface area contributed by atoms with Gasteiger partial charge in [0.15, 0.2) is 0 Å². The van der Waals surface area contributed by atoms with Crippen LogP contribution in [0.2, 0.25) is 0 Å². The molecular formula is C8H13Cl2NO. The van der Waals surface area contributed by atoms with Crippen LogP contribution in [0.3, 0.4) is 0 Å². The predicted octanol–water partition coefficient (Wildman–Crippen LogP) is 1.95. The summed E-state index contributed by atoms with van der Waals surface area (Å²) >= 11 is 11.6. The van der Waals surface area contributed by atoms with E-state index in [0.717, 1.165) is 6.42 Å². The molecule has 0 aromatic heterocycles. The molecule has 12 heavy (non-hydrogen) atoms. The zero-order valence-electron chi connectivity index (χ0n) is 7.23. The van der Waals surface area contributed by atoms with Crippen molar-refractivity contribution < 1.29 is 4.79 Å². The molecule has 1 N–H and O–H groups in total. The molecule has 1 rings (SSSR count). The molecule has 0 radical (unpaired) electrons. The van der Waals surface area contributed by atoms with Crippen LogP contribution in [0, 0.1) is 11.8 Å². The van der Waals surface area contributed by atoms with Crippen LogP contribution < -0.4 is 5.32 Å². The second kappa shape index (κ2) is 3.43. The SMILES string of the molecule is CC(C)C(=O)NCC1CC1(Cl)Cl. The number of hydrogen-bond acceptors (Lipinski definition) is 1. The van der Waals surface area contributed by atoms with Gasteiger partial charge in [-0.25, -0.2) is 0 Å². The van der Waals surface area contributed by atoms with Crippen LogP contribution in [0.1, 0.15) is 20.3 Å². The molecule has 1 unspecified atom stereocenters. The molecule has 1 saturated carbocycles. The number of nitrogens with one attached hydrogen (secondary N) is 1. The summed E-state index contributed by atoms with van der Waals surface area (Å²) in [7, 11) is 0. The van der Waals surface area contributed by atoms with Crippen molar-refractivity contribution in [3.8, 4) is 0 Å². The summed E-state index contributed by atoms with van der Waals surface area (Å²) in [6, 6.07) is 0. The summed E-state index contributed by atoms with van der Waals surface area (Å²) in [4.78, 5) is 11.1. The minimum Gasteiger partial charge on any atom is -0.355 e. The van der Waals surface area contributed by atoms with E-state index in [-0.39, 0.29) is 17.7 Å². The fraction of sp³-hybridized carbons (Fsp3) is 0.875. The van der Waals surface area contributed by atoms with Crippen molar-refractivity contribution in [2.45, 2.75) is 24.6 Å². The Morgan fingerprint density at radius 3 is 2.50 bits per heavy atom. The number of carbonyl (C=O) groups excluding carboxylic acids is 1. The molecule has 0 aliphatic heterocycles. The molecule has 1 fully saturated rings. The minimum absolute atomic E-state index is 0.0313. The second-order valence-electron chi connectivity index (χ2n) is 3.56. The van der Waals surface area contributed by atoms with E-state index in [0.29, 0.717) is 6.54 Å². The lowest BCUT2D eigenvalue weighted by molar-refractivity contribution is -0.124. The maximum atomic E-state index is 11.1. The number of alkyl halides is 2. The van der Waals surface area contributed by atoms with Crippen molar-refractivity contribution in [2.75, 3.05) is 6.54 Å². The third-order valence-electron chi connectivity index (χ3n) is 2.00. The molecular weight excluding hydrogens is 197 g/mol. The van der Waals surface area contributed by atoms with Crippen LogP contribution in [0.15, 0.2) is 0 Å². The quantitative estimate of drug-likeness (QED) is 0.708. The Balaban J connectivity index is 2.16. The monoisotopic (exact) mass is 209 g/mol. The number of amides is 1. The number of halogens is 2. The van der Waals surface area contributed by atoms with E-state index < -0.39 is 4.33 Å². The normalized spacial score (nSPS) is 25.6. The van der Waals surface area contributed by atoms with Gasteiger partial charge in [-0.3, -0.25) is 4.79 Å². The molecule has 1 atom stereocenters. The molecule has 0 aromatic carbocycles. The van der Waals surface area contributed by atoms with Crippen molar-refractivity contribution in [1.29, 1.82) is 0 Å². The van der Waals surface area contributed by atoms with Crippen LogP contribution >= 0.6 is 23.2 Å². The fourth-order valence-corrected chi connectivity index (χ4v) is 1.45. The summed E-state index contributed by atoms with van der Waals surface area (Å²) in [6.45, 7) is 4.32. The van der Waals surface area contributed by atoms with Crippen molar-refractivity contribution in [3.05, 3.63) is 0 Å². The van der Waals surface area contributed by atoms with Gasteiger partial charge < -0.3 is 5.32 Å². The Bertz CT molecular complexity index is 191.